The zero-order valence-corrected chi connectivity index (χ0v) is 26.5. The lowest BCUT2D eigenvalue weighted by atomic mass is 9.99. The number of furan rings is 2. The molecule has 10 aromatic rings. The van der Waals surface area contributed by atoms with Crippen molar-refractivity contribution >= 4 is 71.7 Å². The molecule has 2 heterocycles. The van der Waals surface area contributed by atoms with Gasteiger partial charge in [-0.05, 0) is 65.2 Å². The Kier molecular flexibility index (Phi) is 6.18. The Hall–Kier alpha value is -6.58. The molecule has 2 aromatic heterocycles. The molecule has 0 N–H and O–H groups in total. The van der Waals surface area contributed by atoms with Crippen molar-refractivity contribution in [2.45, 2.75) is 0 Å². The van der Waals surface area contributed by atoms with Crippen molar-refractivity contribution in [2.75, 3.05) is 4.90 Å². The molecule has 0 saturated heterocycles. The highest BCUT2D eigenvalue weighted by atomic mass is 16.3. The molecule has 3 nitrogen and oxygen atoms in total. The van der Waals surface area contributed by atoms with Crippen LogP contribution >= 0.6 is 0 Å². The minimum Gasteiger partial charge on any atom is -0.456 e. The fraction of sp³-hybridized carbons (Fsp3) is 0. The number of nitrogens with zero attached hydrogens (tertiary/aromatic N) is 1. The number of anilines is 3. The summed E-state index contributed by atoms with van der Waals surface area (Å²) in [6.45, 7) is 0. The Bertz CT molecular complexity index is 2810. The highest BCUT2D eigenvalue weighted by molar-refractivity contribution is 6.21. The number of fused-ring (bicyclic) bond motifs is 8. The fourth-order valence-electron chi connectivity index (χ4n) is 7.34. The van der Waals surface area contributed by atoms with E-state index in [1.807, 2.05) is 18.2 Å². The van der Waals surface area contributed by atoms with Gasteiger partial charge < -0.3 is 13.7 Å². The van der Waals surface area contributed by atoms with E-state index in [4.69, 9.17) is 8.83 Å². The summed E-state index contributed by atoms with van der Waals surface area (Å²) in [4.78, 5) is 2.36. The average molecular weight is 628 g/mol. The predicted molar refractivity (Wildman–Crippen MR) is 204 cm³/mol. The van der Waals surface area contributed by atoms with E-state index in [9.17, 15) is 0 Å². The second kappa shape index (κ2) is 11.0. The summed E-state index contributed by atoms with van der Waals surface area (Å²) in [6, 6.07) is 62.0. The number of para-hydroxylation sites is 3. The first-order valence-electron chi connectivity index (χ1n) is 16.6. The van der Waals surface area contributed by atoms with Crippen molar-refractivity contribution in [1.82, 2.24) is 0 Å². The number of benzene rings is 8. The highest BCUT2D eigenvalue weighted by Crippen LogP contribution is 2.46. The van der Waals surface area contributed by atoms with Crippen LogP contribution in [-0.4, -0.2) is 0 Å². The third kappa shape index (κ3) is 4.44. The molecule has 0 bridgehead atoms. The zero-order chi connectivity index (χ0) is 32.3. The van der Waals surface area contributed by atoms with Crippen LogP contribution in [0.2, 0.25) is 0 Å². The van der Waals surface area contributed by atoms with Gasteiger partial charge in [-0.2, -0.15) is 0 Å². The van der Waals surface area contributed by atoms with Crippen LogP contribution in [0.4, 0.5) is 17.1 Å². The Morgan fingerprint density at radius 2 is 0.939 bits per heavy atom. The highest BCUT2D eigenvalue weighted by Gasteiger charge is 2.21. The standard InChI is InChI=1S/C46H29NO2/c1-3-12-31(13-4-1)35-19-11-20-39-41-29-42(36-16-7-8-18-38(36)46(41)49-45(35)39)47(33-14-5-2-6-15-33)34-25-22-30(23-26-34)32-24-27-44-40(28-32)37-17-9-10-21-43(37)48-44/h1-29H. The van der Waals surface area contributed by atoms with Crippen LogP contribution in [0.15, 0.2) is 185 Å². The first-order valence-corrected chi connectivity index (χ1v) is 16.6. The lowest BCUT2D eigenvalue weighted by Gasteiger charge is -2.27. The van der Waals surface area contributed by atoms with Crippen LogP contribution < -0.4 is 4.90 Å². The largest absolute Gasteiger partial charge is 0.456 e. The molecule has 0 fully saturated rings. The van der Waals surface area contributed by atoms with Crippen molar-refractivity contribution in [3.63, 3.8) is 0 Å². The third-order valence-electron chi connectivity index (χ3n) is 9.66. The second-order valence-corrected chi connectivity index (χ2v) is 12.5. The molecule has 0 saturated carbocycles. The maximum Gasteiger partial charge on any atom is 0.143 e. The molecule has 49 heavy (non-hydrogen) atoms. The summed E-state index contributed by atoms with van der Waals surface area (Å²) in [5.41, 5.74) is 11.4. The summed E-state index contributed by atoms with van der Waals surface area (Å²) in [5, 5.41) is 6.68. The van der Waals surface area contributed by atoms with Crippen LogP contribution in [0, 0.1) is 0 Å². The molecule has 0 aliphatic heterocycles. The van der Waals surface area contributed by atoms with Crippen LogP contribution in [0.5, 0.6) is 0 Å². The molecule has 10 rings (SSSR count). The molecule has 0 amide bonds. The van der Waals surface area contributed by atoms with Gasteiger partial charge in [0.05, 0.1) is 5.69 Å². The van der Waals surface area contributed by atoms with Gasteiger partial charge in [0.15, 0.2) is 0 Å². The first kappa shape index (κ1) is 27.5. The lowest BCUT2D eigenvalue weighted by Crippen LogP contribution is -2.10. The molecular weight excluding hydrogens is 599 g/mol. The Morgan fingerprint density at radius 3 is 1.76 bits per heavy atom. The van der Waals surface area contributed by atoms with E-state index in [0.717, 1.165) is 94.0 Å². The Labute approximate surface area is 282 Å². The van der Waals surface area contributed by atoms with Crippen molar-refractivity contribution in [2.24, 2.45) is 0 Å². The number of hydrogen-bond acceptors (Lipinski definition) is 3. The third-order valence-corrected chi connectivity index (χ3v) is 9.66. The summed E-state index contributed by atoms with van der Waals surface area (Å²) in [6.07, 6.45) is 0. The van der Waals surface area contributed by atoms with Gasteiger partial charge in [-0.3, -0.25) is 0 Å². The van der Waals surface area contributed by atoms with E-state index < -0.39 is 0 Å². The van der Waals surface area contributed by atoms with Crippen molar-refractivity contribution in [1.29, 1.82) is 0 Å². The molecule has 3 heteroatoms. The van der Waals surface area contributed by atoms with Crippen LogP contribution in [-0.2, 0) is 0 Å². The van der Waals surface area contributed by atoms with Gasteiger partial charge in [-0.1, -0.05) is 127 Å². The van der Waals surface area contributed by atoms with E-state index in [1.54, 1.807) is 0 Å². The monoisotopic (exact) mass is 627 g/mol. The van der Waals surface area contributed by atoms with Gasteiger partial charge in [0.2, 0.25) is 0 Å². The maximum absolute atomic E-state index is 6.79. The average Bonchev–Trinajstić information content (AvgIpc) is 3.74. The zero-order valence-electron chi connectivity index (χ0n) is 26.5. The molecule has 0 aliphatic rings. The van der Waals surface area contributed by atoms with E-state index in [2.05, 4.69) is 163 Å². The summed E-state index contributed by atoms with van der Waals surface area (Å²) in [5.74, 6) is 0. The summed E-state index contributed by atoms with van der Waals surface area (Å²) < 4.78 is 12.9. The molecule has 0 unspecified atom stereocenters. The van der Waals surface area contributed by atoms with Gasteiger partial charge in [0.1, 0.15) is 22.3 Å². The van der Waals surface area contributed by atoms with E-state index in [0.29, 0.717) is 0 Å². The maximum atomic E-state index is 6.79. The van der Waals surface area contributed by atoms with Gasteiger partial charge in [0.25, 0.3) is 0 Å². The minimum absolute atomic E-state index is 0.904. The van der Waals surface area contributed by atoms with Crippen LogP contribution in [0.1, 0.15) is 0 Å². The van der Waals surface area contributed by atoms with Gasteiger partial charge in [0, 0.05) is 49.3 Å². The topological polar surface area (TPSA) is 29.5 Å². The molecular formula is C46H29NO2. The van der Waals surface area contributed by atoms with Gasteiger partial charge in [-0.25, -0.2) is 0 Å². The Balaban J connectivity index is 1.16. The minimum atomic E-state index is 0.904. The number of rotatable bonds is 5. The summed E-state index contributed by atoms with van der Waals surface area (Å²) >= 11 is 0. The molecule has 0 radical (unpaired) electrons. The van der Waals surface area contributed by atoms with Gasteiger partial charge in [-0.15, -0.1) is 0 Å². The molecule has 0 aliphatic carbocycles. The normalized spacial score (nSPS) is 11.7. The van der Waals surface area contributed by atoms with Gasteiger partial charge >= 0.3 is 0 Å². The molecule has 0 atom stereocenters. The lowest BCUT2D eigenvalue weighted by molar-refractivity contribution is 0.669. The van der Waals surface area contributed by atoms with E-state index in [-0.39, 0.29) is 0 Å². The number of hydrogen-bond donors (Lipinski definition) is 0. The summed E-state index contributed by atoms with van der Waals surface area (Å²) in [7, 11) is 0. The van der Waals surface area contributed by atoms with Crippen LogP contribution in [0.3, 0.4) is 0 Å². The molecule has 230 valence electrons. The quantitative estimate of drug-likeness (QED) is 0.190. The SMILES string of the molecule is c1ccc(-c2cccc3c2oc2c4ccccc4c(N(c4ccccc4)c4ccc(-c5ccc6oc7ccccc7c6c5)cc4)cc32)cc1. The second-order valence-electron chi connectivity index (χ2n) is 12.5. The van der Waals surface area contributed by atoms with Crippen molar-refractivity contribution < 1.29 is 8.83 Å². The molecule has 8 aromatic carbocycles. The first-order chi connectivity index (χ1) is 24.3. The molecule has 0 spiro atoms. The Morgan fingerprint density at radius 1 is 0.327 bits per heavy atom. The van der Waals surface area contributed by atoms with Crippen LogP contribution in [0.25, 0.3) is 76.9 Å². The smallest absolute Gasteiger partial charge is 0.143 e. The predicted octanol–water partition coefficient (Wildman–Crippen LogP) is 13.4. The van der Waals surface area contributed by atoms with E-state index in [1.165, 1.54) is 0 Å². The van der Waals surface area contributed by atoms with Crippen molar-refractivity contribution in [3.05, 3.63) is 176 Å². The van der Waals surface area contributed by atoms with Crippen molar-refractivity contribution in [3.8, 4) is 22.3 Å². The van der Waals surface area contributed by atoms with E-state index >= 15 is 0 Å². The fourth-order valence-corrected chi connectivity index (χ4v) is 7.34.